The van der Waals surface area contributed by atoms with Gasteiger partial charge in [-0.05, 0) is 35.8 Å². The van der Waals surface area contributed by atoms with Crippen molar-refractivity contribution >= 4 is 44.7 Å². The molecule has 2 aromatic rings. The van der Waals surface area contributed by atoms with Gasteiger partial charge in [0.05, 0.1) is 20.1 Å². The molecule has 0 aliphatic heterocycles. The summed E-state index contributed by atoms with van der Waals surface area (Å²) in [5.74, 6) is 1.53. The molecule has 1 N–H and O–H groups in total. The van der Waals surface area contributed by atoms with Crippen LogP contribution in [0.15, 0.2) is 15.9 Å². The second-order valence-electron chi connectivity index (χ2n) is 3.45. The van der Waals surface area contributed by atoms with Crippen molar-refractivity contribution < 1.29 is 0 Å². The fourth-order valence-electron chi connectivity index (χ4n) is 1.38. The van der Waals surface area contributed by atoms with Crippen LogP contribution in [0.3, 0.4) is 0 Å². The molecular weight excluding hydrogens is 322 g/mol. The Kier molecular flexibility index (Phi) is 4.01. The maximum atomic E-state index is 5.91. The lowest BCUT2D eigenvalue weighted by Gasteiger charge is -2.08. The molecule has 0 atom stereocenters. The highest BCUT2D eigenvalue weighted by Crippen LogP contribution is 2.31. The summed E-state index contributed by atoms with van der Waals surface area (Å²) in [7, 11) is 0. The first-order valence-corrected chi connectivity index (χ1v) is 7.19. The second kappa shape index (κ2) is 5.33. The zero-order valence-electron chi connectivity index (χ0n) is 9.42. The van der Waals surface area contributed by atoms with E-state index in [1.54, 1.807) is 11.3 Å². The SMILES string of the molecule is CCNc1nc(-c2cc(Cl)cs2)nc(C)c1Br. The van der Waals surface area contributed by atoms with E-state index < -0.39 is 0 Å². The van der Waals surface area contributed by atoms with Crippen LogP contribution in [0, 0.1) is 6.92 Å². The van der Waals surface area contributed by atoms with Crippen LogP contribution < -0.4 is 5.32 Å². The van der Waals surface area contributed by atoms with Gasteiger partial charge in [0.1, 0.15) is 5.82 Å². The van der Waals surface area contributed by atoms with Gasteiger partial charge < -0.3 is 5.32 Å². The number of nitrogens with zero attached hydrogens (tertiary/aromatic N) is 2. The molecule has 0 aromatic carbocycles. The summed E-state index contributed by atoms with van der Waals surface area (Å²) < 4.78 is 0.908. The van der Waals surface area contributed by atoms with Crippen LogP contribution in [-0.4, -0.2) is 16.5 Å². The van der Waals surface area contributed by atoms with Gasteiger partial charge in [-0.3, -0.25) is 0 Å². The number of hydrogen-bond donors (Lipinski definition) is 1. The zero-order valence-corrected chi connectivity index (χ0v) is 12.6. The molecule has 0 saturated heterocycles. The first-order chi connectivity index (χ1) is 8.11. The Balaban J connectivity index is 2.48. The number of halogens is 2. The van der Waals surface area contributed by atoms with Crippen molar-refractivity contribution in [2.45, 2.75) is 13.8 Å². The van der Waals surface area contributed by atoms with E-state index in [2.05, 4.69) is 31.2 Å². The van der Waals surface area contributed by atoms with E-state index in [9.17, 15) is 0 Å². The van der Waals surface area contributed by atoms with Gasteiger partial charge >= 0.3 is 0 Å². The summed E-state index contributed by atoms with van der Waals surface area (Å²) in [6, 6.07) is 1.88. The Morgan fingerprint density at radius 2 is 2.24 bits per heavy atom. The Morgan fingerprint density at radius 3 is 2.82 bits per heavy atom. The molecule has 3 nitrogen and oxygen atoms in total. The van der Waals surface area contributed by atoms with Gasteiger partial charge in [0, 0.05) is 11.9 Å². The number of anilines is 1. The van der Waals surface area contributed by atoms with Gasteiger partial charge in [-0.2, -0.15) is 0 Å². The average molecular weight is 333 g/mol. The number of hydrogen-bond acceptors (Lipinski definition) is 4. The Morgan fingerprint density at radius 1 is 1.47 bits per heavy atom. The lowest BCUT2D eigenvalue weighted by Crippen LogP contribution is -2.04. The van der Waals surface area contributed by atoms with Gasteiger partial charge in [0.15, 0.2) is 5.82 Å². The normalized spacial score (nSPS) is 10.6. The number of aromatic nitrogens is 2. The fraction of sp³-hybridized carbons (Fsp3) is 0.273. The molecular formula is C11H11BrClN3S. The van der Waals surface area contributed by atoms with E-state index in [-0.39, 0.29) is 0 Å². The van der Waals surface area contributed by atoms with E-state index in [1.807, 2.05) is 25.3 Å². The third-order valence-electron chi connectivity index (χ3n) is 2.15. The van der Waals surface area contributed by atoms with Crippen molar-refractivity contribution in [2.24, 2.45) is 0 Å². The van der Waals surface area contributed by atoms with Crippen molar-refractivity contribution in [1.29, 1.82) is 0 Å². The van der Waals surface area contributed by atoms with Crippen LogP contribution in [0.2, 0.25) is 5.02 Å². The summed E-state index contributed by atoms with van der Waals surface area (Å²) in [6.07, 6.45) is 0. The first kappa shape index (κ1) is 12.8. The summed E-state index contributed by atoms with van der Waals surface area (Å²) >= 11 is 10.9. The predicted molar refractivity (Wildman–Crippen MR) is 77.0 cm³/mol. The monoisotopic (exact) mass is 331 g/mol. The smallest absolute Gasteiger partial charge is 0.171 e. The van der Waals surface area contributed by atoms with Gasteiger partial charge in [-0.1, -0.05) is 11.6 Å². The van der Waals surface area contributed by atoms with Crippen LogP contribution >= 0.6 is 38.9 Å². The highest BCUT2D eigenvalue weighted by atomic mass is 79.9. The van der Waals surface area contributed by atoms with Gasteiger partial charge in [0.2, 0.25) is 0 Å². The molecule has 0 unspecified atom stereocenters. The minimum absolute atomic E-state index is 0.707. The molecule has 0 fully saturated rings. The zero-order chi connectivity index (χ0) is 12.4. The molecule has 0 aliphatic carbocycles. The standard InChI is InChI=1S/C11H11BrClN3S/c1-3-14-11-9(12)6(2)15-10(16-11)8-4-7(13)5-17-8/h4-5H,3H2,1-2H3,(H,14,15,16). The molecule has 17 heavy (non-hydrogen) atoms. The van der Waals surface area contributed by atoms with E-state index in [4.69, 9.17) is 11.6 Å². The number of nitrogens with one attached hydrogen (secondary N) is 1. The summed E-state index contributed by atoms with van der Waals surface area (Å²) in [5.41, 5.74) is 0.912. The number of rotatable bonds is 3. The van der Waals surface area contributed by atoms with Crippen molar-refractivity contribution in [3.8, 4) is 10.7 Å². The maximum Gasteiger partial charge on any atom is 0.171 e. The van der Waals surface area contributed by atoms with Crippen LogP contribution in [0.4, 0.5) is 5.82 Å². The van der Waals surface area contributed by atoms with Gasteiger partial charge in [-0.15, -0.1) is 11.3 Å². The van der Waals surface area contributed by atoms with Crippen molar-refractivity contribution in [1.82, 2.24) is 9.97 Å². The van der Waals surface area contributed by atoms with Crippen LogP contribution in [-0.2, 0) is 0 Å². The predicted octanol–water partition coefficient (Wildman–Crippen LogP) is 4.36. The topological polar surface area (TPSA) is 37.8 Å². The minimum Gasteiger partial charge on any atom is -0.369 e. The lowest BCUT2D eigenvalue weighted by atomic mass is 10.3. The third-order valence-corrected chi connectivity index (χ3v) is 4.37. The van der Waals surface area contributed by atoms with E-state index in [1.165, 1.54) is 0 Å². The average Bonchev–Trinajstić information content (AvgIpc) is 2.71. The lowest BCUT2D eigenvalue weighted by molar-refractivity contribution is 1.07. The van der Waals surface area contributed by atoms with E-state index in [0.717, 1.165) is 32.4 Å². The fourth-order valence-corrected chi connectivity index (χ4v) is 2.71. The molecule has 0 spiro atoms. The molecule has 0 radical (unpaired) electrons. The highest BCUT2D eigenvalue weighted by Gasteiger charge is 2.11. The highest BCUT2D eigenvalue weighted by molar-refractivity contribution is 9.10. The van der Waals surface area contributed by atoms with Gasteiger partial charge in [-0.25, -0.2) is 9.97 Å². The molecule has 0 bridgehead atoms. The summed E-state index contributed by atoms with van der Waals surface area (Å²) in [6.45, 7) is 4.80. The van der Waals surface area contributed by atoms with Crippen LogP contribution in [0.25, 0.3) is 10.7 Å². The van der Waals surface area contributed by atoms with Crippen LogP contribution in [0.1, 0.15) is 12.6 Å². The molecule has 0 aliphatic rings. The largest absolute Gasteiger partial charge is 0.369 e. The third kappa shape index (κ3) is 2.78. The number of thiophene rings is 1. The van der Waals surface area contributed by atoms with Crippen LogP contribution in [0.5, 0.6) is 0 Å². The summed E-state index contributed by atoms with van der Waals surface area (Å²) in [5, 5.41) is 5.81. The molecule has 0 saturated carbocycles. The van der Waals surface area contributed by atoms with Crippen molar-refractivity contribution in [3.05, 3.63) is 26.6 Å². The molecule has 2 heterocycles. The van der Waals surface area contributed by atoms with Crippen molar-refractivity contribution in [2.75, 3.05) is 11.9 Å². The maximum absolute atomic E-state index is 5.91. The Labute approximate surface area is 117 Å². The second-order valence-corrected chi connectivity index (χ2v) is 5.60. The van der Waals surface area contributed by atoms with Crippen molar-refractivity contribution in [3.63, 3.8) is 0 Å². The molecule has 6 heteroatoms. The molecule has 2 rings (SSSR count). The van der Waals surface area contributed by atoms with E-state index >= 15 is 0 Å². The molecule has 2 aromatic heterocycles. The summed E-state index contributed by atoms with van der Waals surface area (Å²) in [4.78, 5) is 9.92. The Hall–Kier alpha value is -0.650. The number of aryl methyl sites for hydroxylation is 1. The molecule has 90 valence electrons. The minimum atomic E-state index is 0.707. The quantitative estimate of drug-likeness (QED) is 0.907. The Bertz CT molecular complexity index is 542. The molecule has 0 amide bonds. The first-order valence-electron chi connectivity index (χ1n) is 5.14. The van der Waals surface area contributed by atoms with Gasteiger partial charge in [0.25, 0.3) is 0 Å². The van der Waals surface area contributed by atoms with E-state index in [0.29, 0.717) is 5.82 Å².